The molecule has 0 spiro atoms. The number of hydrogen-bond acceptors (Lipinski definition) is 4. The summed E-state index contributed by atoms with van der Waals surface area (Å²) in [6, 6.07) is -2.21. The van der Waals surface area contributed by atoms with Gasteiger partial charge in [0.15, 0.2) is 0 Å². The standard InChI is InChI=1S/C20H27F3N4O4/c1-5-12(28)24-9(2)25-16(29)15-13-11(19(13,3)4)8-27(15)17(30)14(10-6-7-10)26-18(31)20(21,22)23/h5,9-11,13-15H,1,6-8H2,2-4H3,(H,24,28)(H,25,29)(H,26,31)/t9-,11-,13-,14-,15-/m0/s1. The summed E-state index contributed by atoms with van der Waals surface area (Å²) >= 11 is 0. The molecule has 4 amide bonds. The Morgan fingerprint density at radius 3 is 2.26 bits per heavy atom. The highest BCUT2D eigenvalue weighted by Gasteiger charge is 2.70. The molecule has 8 nitrogen and oxygen atoms in total. The van der Waals surface area contributed by atoms with Crippen LogP contribution in [0.2, 0.25) is 0 Å². The van der Waals surface area contributed by atoms with Crippen molar-refractivity contribution in [3.05, 3.63) is 12.7 Å². The minimum Gasteiger partial charge on any atom is -0.336 e. The van der Waals surface area contributed by atoms with E-state index in [-0.39, 0.29) is 29.7 Å². The highest BCUT2D eigenvalue weighted by molar-refractivity contribution is 5.95. The third-order valence-electron chi connectivity index (χ3n) is 6.57. The number of likely N-dealkylation sites (tertiary alicyclic amines) is 1. The minimum atomic E-state index is -5.10. The highest BCUT2D eigenvalue weighted by Crippen LogP contribution is 2.65. The first-order chi connectivity index (χ1) is 14.3. The molecule has 0 bridgehead atoms. The fourth-order valence-electron chi connectivity index (χ4n) is 4.63. The quantitative estimate of drug-likeness (QED) is 0.397. The first-order valence-corrected chi connectivity index (χ1v) is 10.2. The SMILES string of the molecule is C=CC(=O)N[C@H](C)NC(=O)[C@@H]1[C@@H]2[C@H](CN1C(=O)[C@@H](NC(=O)C(F)(F)F)C1CC1)C2(C)C. The molecule has 0 radical (unpaired) electrons. The van der Waals surface area contributed by atoms with Gasteiger partial charge in [0.05, 0.1) is 6.17 Å². The van der Waals surface area contributed by atoms with Gasteiger partial charge in [-0.1, -0.05) is 20.4 Å². The summed E-state index contributed by atoms with van der Waals surface area (Å²) in [7, 11) is 0. The van der Waals surface area contributed by atoms with Gasteiger partial charge in [0.25, 0.3) is 0 Å². The van der Waals surface area contributed by atoms with E-state index in [0.717, 1.165) is 6.08 Å². The van der Waals surface area contributed by atoms with Crippen LogP contribution in [0.25, 0.3) is 0 Å². The summed E-state index contributed by atoms with van der Waals surface area (Å²) in [6.07, 6.45) is -3.72. The van der Waals surface area contributed by atoms with Crippen LogP contribution >= 0.6 is 0 Å². The number of rotatable bonds is 7. The number of halogens is 3. The first kappa shape index (κ1) is 23.1. The van der Waals surface area contributed by atoms with E-state index in [4.69, 9.17) is 0 Å². The lowest BCUT2D eigenvalue weighted by molar-refractivity contribution is -0.175. The number of hydrogen-bond donors (Lipinski definition) is 3. The molecular weight excluding hydrogens is 417 g/mol. The fourth-order valence-corrected chi connectivity index (χ4v) is 4.63. The molecule has 3 aliphatic rings. The molecule has 1 saturated heterocycles. The number of nitrogens with zero attached hydrogens (tertiary/aromatic N) is 1. The van der Waals surface area contributed by atoms with E-state index in [1.54, 1.807) is 6.92 Å². The van der Waals surface area contributed by atoms with Crippen LogP contribution in [0.5, 0.6) is 0 Å². The lowest BCUT2D eigenvalue weighted by Gasteiger charge is -2.33. The predicted octanol–water partition coefficient (Wildman–Crippen LogP) is 0.691. The smallest absolute Gasteiger partial charge is 0.336 e. The van der Waals surface area contributed by atoms with Crippen molar-refractivity contribution in [3.63, 3.8) is 0 Å². The average molecular weight is 444 g/mol. The van der Waals surface area contributed by atoms with Crippen molar-refractivity contribution in [2.24, 2.45) is 23.2 Å². The molecule has 5 atom stereocenters. The van der Waals surface area contributed by atoms with Crippen LogP contribution in [0.15, 0.2) is 12.7 Å². The number of carbonyl (C=O) groups excluding carboxylic acids is 4. The van der Waals surface area contributed by atoms with Gasteiger partial charge in [-0.25, -0.2) is 0 Å². The second-order valence-electron chi connectivity index (χ2n) is 9.12. The Balaban J connectivity index is 1.76. The summed E-state index contributed by atoms with van der Waals surface area (Å²) in [6.45, 7) is 9.05. The number of nitrogens with one attached hydrogen (secondary N) is 3. The van der Waals surface area contributed by atoms with E-state index < -0.39 is 48.1 Å². The molecule has 2 aliphatic carbocycles. The molecule has 172 valence electrons. The van der Waals surface area contributed by atoms with E-state index in [2.05, 4.69) is 17.2 Å². The normalized spacial score (nSPS) is 28.1. The zero-order valence-corrected chi connectivity index (χ0v) is 17.6. The van der Waals surface area contributed by atoms with Crippen molar-refractivity contribution in [2.75, 3.05) is 6.54 Å². The second-order valence-corrected chi connectivity index (χ2v) is 9.12. The maximum atomic E-state index is 13.2. The number of piperidine rings is 1. The molecule has 3 N–H and O–H groups in total. The van der Waals surface area contributed by atoms with E-state index in [9.17, 15) is 32.3 Å². The summed E-state index contributed by atoms with van der Waals surface area (Å²) in [5.41, 5.74) is -0.198. The van der Waals surface area contributed by atoms with Gasteiger partial charge in [-0.15, -0.1) is 0 Å². The monoisotopic (exact) mass is 444 g/mol. The van der Waals surface area contributed by atoms with Gasteiger partial charge in [0.1, 0.15) is 12.1 Å². The second kappa shape index (κ2) is 7.83. The third-order valence-corrected chi connectivity index (χ3v) is 6.57. The van der Waals surface area contributed by atoms with Crippen molar-refractivity contribution in [2.45, 2.75) is 58.0 Å². The van der Waals surface area contributed by atoms with Crippen LogP contribution in [-0.4, -0.2) is 59.5 Å². The largest absolute Gasteiger partial charge is 0.471 e. The number of alkyl halides is 3. The van der Waals surface area contributed by atoms with Gasteiger partial charge >= 0.3 is 12.1 Å². The molecular formula is C20H27F3N4O4. The fraction of sp³-hybridized carbons (Fsp3) is 0.700. The van der Waals surface area contributed by atoms with E-state index >= 15 is 0 Å². The summed E-state index contributed by atoms with van der Waals surface area (Å²) in [5, 5.41) is 6.96. The van der Waals surface area contributed by atoms with Crippen LogP contribution in [0.3, 0.4) is 0 Å². The van der Waals surface area contributed by atoms with E-state index in [0.29, 0.717) is 12.8 Å². The summed E-state index contributed by atoms with van der Waals surface area (Å²) in [5.74, 6) is -4.32. The van der Waals surface area contributed by atoms with Gasteiger partial charge in [-0.2, -0.15) is 13.2 Å². The van der Waals surface area contributed by atoms with Crippen molar-refractivity contribution in [3.8, 4) is 0 Å². The molecule has 31 heavy (non-hydrogen) atoms. The Labute approximate surface area is 178 Å². The maximum Gasteiger partial charge on any atom is 0.471 e. The molecule has 0 aromatic rings. The maximum absolute atomic E-state index is 13.2. The molecule has 2 saturated carbocycles. The average Bonchev–Trinajstić information content (AvgIpc) is 3.52. The van der Waals surface area contributed by atoms with Crippen molar-refractivity contribution in [1.29, 1.82) is 0 Å². The minimum absolute atomic E-state index is 0.0310. The molecule has 1 heterocycles. The molecule has 0 aromatic carbocycles. The molecule has 3 fully saturated rings. The Hall–Kier alpha value is -2.59. The van der Waals surface area contributed by atoms with Gasteiger partial charge in [0, 0.05) is 6.54 Å². The van der Waals surface area contributed by atoms with Gasteiger partial charge in [-0.05, 0) is 49.0 Å². The van der Waals surface area contributed by atoms with Gasteiger partial charge in [0.2, 0.25) is 17.7 Å². The Bertz CT molecular complexity index is 809. The molecule has 0 aromatic heterocycles. The summed E-state index contributed by atoms with van der Waals surface area (Å²) < 4.78 is 38.2. The number of fused-ring (bicyclic) bond motifs is 1. The lowest BCUT2D eigenvalue weighted by atomic mass is 9.99. The van der Waals surface area contributed by atoms with Gasteiger partial charge in [-0.3, -0.25) is 19.2 Å². The Morgan fingerprint density at radius 2 is 1.74 bits per heavy atom. The topological polar surface area (TPSA) is 108 Å². The predicted molar refractivity (Wildman–Crippen MR) is 103 cm³/mol. The van der Waals surface area contributed by atoms with Crippen molar-refractivity contribution in [1.82, 2.24) is 20.9 Å². The number of carbonyl (C=O) groups is 4. The number of amides is 4. The van der Waals surface area contributed by atoms with Crippen LogP contribution in [0, 0.1) is 23.2 Å². The first-order valence-electron chi connectivity index (χ1n) is 10.2. The van der Waals surface area contributed by atoms with Crippen LogP contribution < -0.4 is 16.0 Å². The van der Waals surface area contributed by atoms with Gasteiger partial charge < -0.3 is 20.9 Å². The lowest BCUT2D eigenvalue weighted by Crippen LogP contribution is -2.59. The zero-order chi connectivity index (χ0) is 23.3. The molecule has 3 rings (SSSR count). The molecule has 1 aliphatic heterocycles. The van der Waals surface area contributed by atoms with E-state index in [1.807, 2.05) is 19.2 Å². The van der Waals surface area contributed by atoms with Crippen LogP contribution in [0.1, 0.15) is 33.6 Å². The van der Waals surface area contributed by atoms with E-state index in [1.165, 1.54) is 4.90 Å². The van der Waals surface area contributed by atoms with Crippen LogP contribution in [0.4, 0.5) is 13.2 Å². The Kier molecular flexibility index (Phi) is 5.83. The Morgan fingerprint density at radius 1 is 1.13 bits per heavy atom. The van der Waals surface area contributed by atoms with Crippen molar-refractivity contribution >= 4 is 23.6 Å². The highest BCUT2D eigenvalue weighted by atomic mass is 19.4. The summed E-state index contributed by atoms with van der Waals surface area (Å²) in [4.78, 5) is 50.4. The molecule has 0 unspecified atom stereocenters. The third kappa shape index (κ3) is 4.54. The van der Waals surface area contributed by atoms with Crippen molar-refractivity contribution < 1.29 is 32.3 Å². The zero-order valence-electron chi connectivity index (χ0n) is 17.6. The van der Waals surface area contributed by atoms with Crippen LogP contribution in [-0.2, 0) is 19.2 Å². The molecule has 11 heteroatoms.